The van der Waals surface area contributed by atoms with Crippen molar-refractivity contribution in [3.8, 4) is 0 Å². The fourth-order valence-electron chi connectivity index (χ4n) is 2.41. The van der Waals surface area contributed by atoms with Crippen molar-refractivity contribution in [2.45, 2.75) is 51.6 Å². The highest BCUT2D eigenvalue weighted by atomic mass is 19.1. The largest absolute Gasteiger partial charge is 0.357 e. The first-order valence-electron chi connectivity index (χ1n) is 8.78. The Morgan fingerprint density at radius 3 is 2.76 bits per heavy atom. The number of nitrogens with one attached hydrogen (secondary N) is 3. The number of halogens is 2. The molecule has 1 aliphatic rings. The van der Waals surface area contributed by atoms with Crippen LogP contribution < -0.4 is 16.0 Å². The van der Waals surface area contributed by atoms with Crippen LogP contribution in [0, 0.1) is 11.6 Å². The molecular formula is C18H26F2N4O. The van der Waals surface area contributed by atoms with Crippen LogP contribution in [0.15, 0.2) is 23.2 Å². The van der Waals surface area contributed by atoms with Crippen molar-refractivity contribution < 1.29 is 13.6 Å². The number of carbonyl (C=O) groups excluding carboxylic acids is 1. The molecule has 1 amide bonds. The molecule has 3 N–H and O–H groups in total. The predicted molar refractivity (Wildman–Crippen MR) is 94.3 cm³/mol. The topological polar surface area (TPSA) is 65.5 Å². The van der Waals surface area contributed by atoms with E-state index in [-0.39, 0.29) is 11.9 Å². The van der Waals surface area contributed by atoms with Crippen molar-refractivity contribution >= 4 is 11.9 Å². The van der Waals surface area contributed by atoms with E-state index in [0.717, 1.165) is 18.9 Å². The van der Waals surface area contributed by atoms with Crippen molar-refractivity contribution in [3.63, 3.8) is 0 Å². The van der Waals surface area contributed by atoms with Crippen molar-refractivity contribution in [2.24, 2.45) is 4.99 Å². The van der Waals surface area contributed by atoms with Gasteiger partial charge in [0.25, 0.3) is 0 Å². The van der Waals surface area contributed by atoms with Gasteiger partial charge in [-0.15, -0.1) is 0 Å². The molecule has 138 valence electrons. The van der Waals surface area contributed by atoms with Gasteiger partial charge in [-0.25, -0.2) is 8.78 Å². The van der Waals surface area contributed by atoms with E-state index in [9.17, 15) is 13.6 Å². The zero-order valence-electron chi connectivity index (χ0n) is 14.7. The minimum atomic E-state index is -0.599. The minimum absolute atomic E-state index is 0.0670. The summed E-state index contributed by atoms with van der Waals surface area (Å²) in [5.74, 6) is -0.579. The van der Waals surface area contributed by atoms with Gasteiger partial charge in [-0.1, -0.05) is 6.07 Å². The molecule has 0 bridgehead atoms. The third kappa shape index (κ3) is 6.68. The average Bonchev–Trinajstić information content (AvgIpc) is 3.35. The Morgan fingerprint density at radius 2 is 2.12 bits per heavy atom. The maximum Gasteiger partial charge on any atom is 0.220 e. The standard InChI is InChI=1S/C18H26F2N4O/c1-3-21-18(22-10-4-5-17(25)24-14-7-8-14)23-12(2)15-9-6-13(19)11-16(15)20/h6,9,11-12,14H,3-5,7-8,10H2,1-2H3,(H,24,25)(H2,21,22,23). The first-order chi connectivity index (χ1) is 12.0. The molecular weight excluding hydrogens is 326 g/mol. The van der Waals surface area contributed by atoms with E-state index in [1.165, 1.54) is 12.1 Å². The molecule has 0 heterocycles. The fourth-order valence-corrected chi connectivity index (χ4v) is 2.41. The molecule has 2 rings (SSSR count). The Morgan fingerprint density at radius 1 is 1.36 bits per heavy atom. The number of rotatable bonds is 8. The van der Waals surface area contributed by atoms with E-state index in [1.54, 1.807) is 6.92 Å². The van der Waals surface area contributed by atoms with Crippen LogP contribution in [0.5, 0.6) is 0 Å². The van der Waals surface area contributed by atoms with Crippen molar-refractivity contribution in [1.29, 1.82) is 0 Å². The quantitative estimate of drug-likeness (QED) is 0.383. The number of carbonyl (C=O) groups is 1. The zero-order chi connectivity index (χ0) is 18.2. The Balaban J connectivity index is 1.84. The van der Waals surface area contributed by atoms with Gasteiger partial charge in [-0.3, -0.25) is 9.79 Å². The summed E-state index contributed by atoms with van der Waals surface area (Å²) in [4.78, 5) is 16.0. The second kappa shape index (κ2) is 9.34. The Bertz CT molecular complexity index is 617. The summed E-state index contributed by atoms with van der Waals surface area (Å²) < 4.78 is 26.9. The SMILES string of the molecule is CCNC(=NCCCC(=O)NC1CC1)NC(C)c1ccc(F)cc1F. The second-order valence-corrected chi connectivity index (χ2v) is 6.24. The van der Waals surface area contributed by atoms with Crippen LogP contribution in [0.4, 0.5) is 8.78 Å². The lowest BCUT2D eigenvalue weighted by Gasteiger charge is -2.18. The van der Waals surface area contributed by atoms with Gasteiger partial charge < -0.3 is 16.0 Å². The molecule has 25 heavy (non-hydrogen) atoms. The Labute approximate surface area is 147 Å². The summed E-state index contributed by atoms with van der Waals surface area (Å²) in [6.45, 7) is 4.87. The number of hydrogen-bond donors (Lipinski definition) is 3. The van der Waals surface area contributed by atoms with Gasteiger partial charge in [-0.05, 0) is 39.2 Å². The number of benzene rings is 1. The molecule has 5 nitrogen and oxygen atoms in total. The highest BCUT2D eigenvalue weighted by Crippen LogP contribution is 2.19. The molecule has 1 unspecified atom stereocenters. The number of guanidine groups is 1. The van der Waals surface area contributed by atoms with Crippen LogP contribution in [-0.4, -0.2) is 31.0 Å². The van der Waals surface area contributed by atoms with E-state index in [4.69, 9.17) is 0 Å². The molecule has 1 aromatic carbocycles. The number of nitrogens with zero attached hydrogens (tertiary/aromatic N) is 1. The van der Waals surface area contributed by atoms with Gasteiger partial charge in [-0.2, -0.15) is 0 Å². The van der Waals surface area contributed by atoms with E-state index < -0.39 is 11.6 Å². The summed E-state index contributed by atoms with van der Waals surface area (Å²) >= 11 is 0. The number of hydrogen-bond acceptors (Lipinski definition) is 2. The van der Waals surface area contributed by atoms with Crippen LogP contribution in [0.1, 0.15) is 51.1 Å². The van der Waals surface area contributed by atoms with Gasteiger partial charge >= 0.3 is 0 Å². The van der Waals surface area contributed by atoms with E-state index in [1.807, 2.05) is 6.92 Å². The van der Waals surface area contributed by atoms with Gasteiger partial charge in [0.15, 0.2) is 5.96 Å². The van der Waals surface area contributed by atoms with Crippen LogP contribution >= 0.6 is 0 Å². The van der Waals surface area contributed by atoms with Crippen molar-refractivity contribution in [2.75, 3.05) is 13.1 Å². The minimum Gasteiger partial charge on any atom is -0.357 e. The number of aliphatic imine (C=N–C) groups is 1. The third-order valence-corrected chi connectivity index (χ3v) is 3.90. The smallest absolute Gasteiger partial charge is 0.220 e. The molecule has 1 fully saturated rings. The fraction of sp³-hybridized carbons (Fsp3) is 0.556. The average molecular weight is 352 g/mol. The second-order valence-electron chi connectivity index (χ2n) is 6.24. The van der Waals surface area contributed by atoms with Gasteiger partial charge in [0.05, 0.1) is 6.04 Å². The van der Waals surface area contributed by atoms with E-state index >= 15 is 0 Å². The molecule has 0 aromatic heterocycles. The summed E-state index contributed by atoms with van der Waals surface area (Å²) in [6, 6.07) is 3.54. The summed E-state index contributed by atoms with van der Waals surface area (Å²) in [6.07, 6.45) is 3.25. The van der Waals surface area contributed by atoms with E-state index in [0.29, 0.717) is 43.5 Å². The lowest BCUT2D eigenvalue weighted by molar-refractivity contribution is -0.121. The van der Waals surface area contributed by atoms with Crippen molar-refractivity contribution in [3.05, 3.63) is 35.4 Å². The molecule has 0 saturated heterocycles. The lowest BCUT2D eigenvalue weighted by Crippen LogP contribution is -2.39. The lowest BCUT2D eigenvalue weighted by atomic mass is 10.1. The predicted octanol–water partition coefficient (Wildman–Crippen LogP) is 2.64. The first-order valence-corrected chi connectivity index (χ1v) is 8.78. The molecule has 0 aliphatic heterocycles. The van der Waals surface area contributed by atoms with Gasteiger partial charge in [0, 0.05) is 37.2 Å². The summed E-state index contributed by atoms with van der Waals surface area (Å²) in [5, 5.41) is 9.13. The summed E-state index contributed by atoms with van der Waals surface area (Å²) in [5.41, 5.74) is 0.371. The Kier molecular flexibility index (Phi) is 7.16. The molecule has 1 aliphatic carbocycles. The molecule has 1 atom stereocenters. The molecule has 0 spiro atoms. The van der Waals surface area contributed by atoms with Gasteiger partial charge in [0.2, 0.25) is 5.91 Å². The van der Waals surface area contributed by atoms with E-state index in [2.05, 4.69) is 20.9 Å². The maximum absolute atomic E-state index is 13.9. The number of amides is 1. The maximum atomic E-state index is 13.9. The van der Waals surface area contributed by atoms with Crippen LogP contribution in [0.3, 0.4) is 0 Å². The molecule has 0 radical (unpaired) electrons. The van der Waals surface area contributed by atoms with Crippen LogP contribution in [-0.2, 0) is 4.79 Å². The molecule has 1 aromatic rings. The highest BCUT2D eigenvalue weighted by Gasteiger charge is 2.22. The Hall–Kier alpha value is -2.18. The van der Waals surface area contributed by atoms with Gasteiger partial charge in [0.1, 0.15) is 11.6 Å². The zero-order valence-corrected chi connectivity index (χ0v) is 14.7. The van der Waals surface area contributed by atoms with Crippen molar-refractivity contribution in [1.82, 2.24) is 16.0 Å². The molecule has 7 heteroatoms. The third-order valence-electron chi connectivity index (χ3n) is 3.90. The highest BCUT2D eigenvalue weighted by molar-refractivity contribution is 5.80. The summed E-state index contributed by atoms with van der Waals surface area (Å²) in [7, 11) is 0. The van der Waals surface area contributed by atoms with Crippen LogP contribution in [0.25, 0.3) is 0 Å². The normalized spacial score (nSPS) is 15.6. The monoisotopic (exact) mass is 352 g/mol. The molecule has 1 saturated carbocycles. The first kappa shape index (κ1) is 19.1. The van der Waals surface area contributed by atoms with Crippen LogP contribution in [0.2, 0.25) is 0 Å².